The highest BCUT2D eigenvalue weighted by molar-refractivity contribution is 5.94. The van der Waals surface area contributed by atoms with Crippen molar-refractivity contribution in [2.75, 3.05) is 7.11 Å². The third-order valence-electron chi connectivity index (χ3n) is 1.78. The van der Waals surface area contributed by atoms with E-state index in [0.717, 1.165) is 0 Å². The molecule has 0 N–H and O–H groups in total. The van der Waals surface area contributed by atoms with Crippen molar-refractivity contribution in [2.24, 2.45) is 0 Å². The van der Waals surface area contributed by atoms with Crippen molar-refractivity contribution in [3.8, 4) is 0 Å². The van der Waals surface area contributed by atoms with E-state index in [-0.39, 0.29) is 12.5 Å². The molecule has 0 unspecified atom stereocenters. The Morgan fingerprint density at radius 2 is 2.29 bits per heavy atom. The summed E-state index contributed by atoms with van der Waals surface area (Å²) in [4.78, 5) is 27.1. The lowest BCUT2D eigenvalue weighted by molar-refractivity contribution is -0.188. The second-order valence-corrected chi connectivity index (χ2v) is 3.24. The third-order valence-corrected chi connectivity index (χ3v) is 1.78. The number of esters is 1. The summed E-state index contributed by atoms with van der Waals surface area (Å²) in [6.07, 6.45) is 1.47. The first-order chi connectivity index (χ1) is 6.54. The molecule has 0 bridgehead atoms. The van der Waals surface area contributed by atoms with Crippen molar-refractivity contribution in [1.29, 1.82) is 0 Å². The molecule has 0 saturated carbocycles. The largest absolute Gasteiger partial charge is 0.466 e. The van der Waals surface area contributed by atoms with Crippen LogP contribution in [0.5, 0.6) is 0 Å². The molecule has 5 nitrogen and oxygen atoms in total. The minimum absolute atomic E-state index is 0.00101. The van der Waals surface area contributed by atoms with Crippen molar-refractivity contribution < 1.29 is 19.2 Å². The van der Waals surface area contributed by atoms with Gasteiger partial charge in [-0.25, -0.2) is 14.7 Å². The van der Waals surface area contributed by atoms with Crippen LogP contribution in [0.2, 0.25) is 0 Å². The highest BCUT2D eigenvalue weighted by atomic mass is 16.7. The summed E-state index contributed by atoms with van der Waals surface area (Å²) in [6.45, 7) is 3.70. The molecule has 0 radical (unpaired) electrons. The smallest absolute Gasteiger partial charge is 0.337 e. The molecule has 0 aliphatic carbocycles. The Morgan fingerprint density at radius 3 is 2.79 bits per heavy atom. The van der Waals surface area contributed by atoms with E-state index in [1.807, 2.05) is 13.8 Å². The van der Waals surface area contributed by atoms with E-state index in [1.54, 1.807) is 0 Å². The topological polar surface area (TPSA) is 55.8 Å². The molecular formula is C9H13NO4. The molecule has 0 aromatic heterocycles. The Kier molecular flexibility index (Phi) is 3.11. The summed E-state index contributed by atoms with van der Waals surface area (Å²) in [5.41, 5.74) is 0.317. The Balaban J connectivity index is 2.84. The summed E-state index contributed by atoms with van der Waals surface area (Å²) in [7, 11) is 1.28. The molecule has 1 rings (SSSR count). The van der Waals surface area contributed by atoms with Gasteiger partial charge in [-0.1, -0.05) is 0 Å². The number of carbonyl (C=O) groups excluding carboxylic acids is 2. The van der Waals surface area contributed by atoms with Crippen LogP contribution in [-0.2, 0) is 19.2 Å². The molecule has 78 valence electrons. The number of methoxy groups -OCH3 is 1. The molecule has 0 saturated heterocycles. The molecule has 0 aromatic rings. The first kappa shape index (κ1) is 10.6. The molecule has 1 heterocycles. The Hall–Kier alpha value is -1.52. The average molecular weight is 199 g/mol. The monoisotopic (exact) mass is 199 g/mol. The average Bonchev–Trinajstić information content (AvgIpc) is 2.15. The van der Waals surface area contributed by atoms with Gasteiger partial charge in [-0.3, -0.25) is 0 Å². The van der Waals surface area contributed by atoms with Crippen molar-refractivity contribution in [3.05, 3.63) is 11.8 Å². The van der Waals surface area contributed by atoms with E-state index in [1.165, 1.54) is 18.4 Å². The molecule has 0 fully saturated rings. The first-order valence-electron chi connectivity index (χ1n) is 4.32. The molecule has 0 atom stereocenters. The maximum absolute atomic E-state index is 11.2. The SMILES string of the molecule is COC(=O)C1=CN(C(C)C)OC(=O)C1. The van der Waals surface area contributed by atoms with Gasteiger partial charge in [0.15, 0.2) is 0 Å². The van der Waals surface area contributed by atoms with Gasteiger partial charge in [0.2, 0.25) is 0 Å². The summed E-state index contributed by atoms with van der Waals surface area (Å²) in [5.74, 6) is -0.936. The normalized spacial score (nSPS) is 16.4. The van der Waals surface area contributed by atoms with E-state index in [2.05, 4.69) is 4.74 Å². The Bertz CT molecular complexity index is 283. The van der Waals surface area contributed by atoms with E-state index >= 15 is 0 Å². The minimum Gasteiger partial charge on any atom is -0.466 e. The van der Waals surface area contributed by atoms with Crippen LogP contribution in [-0.4, -0.2) is 30.2 Å². The van der Waals surface area contributed by atoms with Gasteiger partial charge in [0.25, 0.3) is 0 Å². The van der Waals surface area contributed by atoms with E-state index < -0.39 is 11.9 Å². The summed E-state index contributed by atoms with van der Waals surface area (Å²) < 4.78 is 4.52. The van der Waals surface area contributed by atoms with Gasteiger partial charge in [0.05, 0.1) is 31.3 Å². The van der Waals surface area contributed by atoms with E-state index in [0.29, 0.717) is 5.57 Å². The predicted octanol–water partition coefficient (Wildman–Crippen LogP) is 0.616. The Morgan fingerprint density at radius 1 is 1.64 bits per heavy atom. The summed E-state index contributed by atoms with van der Waals surface area (Å²) in [5, 5.41) is 1.35. The van der Waals surface area contributed by atoms with Gasteiger partial charge in [0, 0.05) is 0 Å². The first-order valence-corrected chi connectivity index (χ1v) is 4.32. The maximum atomic E-state index is 11.2. The van der Waals surface area contributed by atoms with Gasteiger partial charge >= 0.3 is 11.9 Å². The molecule has 0 aromatic carbocycles. The molecule has 0 spiro atoms. The number of ether oxygens (including phenoxy) is 1. The van der Waals surface area contributed by atoms with Crippen molar-refractivity contribution in [2.45, 2.75) is 26.3 Å². The van der Waals surface area contributed by atoms with Crippen LogP contribution < -0.4 is 0 Å². The quantitative estimate of drug-likeness (QED) is 0.610. The zero-order valence-electron chi connectivity index (χ0n) is 8.44. The number of carbonyl (C=O) groups is 2. The summed E-state index contributed by atoms with van der Waals surface area (Å²) in [6, 6.07) is -0.00101. The number of hydrogen-bond donors (Lipinski definition) is 0. The van der Waals surface area contributed by atoms with Crippen LogP contribution in [0, 0.1) is 0 Å². The standard InChI is InChI=1S/C9H13NO4/c1-6(2)10-5-7(9(12)13-3)4-8(11)14-10/h5-6H,4H2,1-3H3. The molecule has 5 heteroatoms. The van der Waals surface area contributed by atoms with Gasteiger partial charge in [-0.05, 0) is 13.8 Å². The summed E-state index contributed by atoms with van der Waals surface area (Å²) >= 11 is 0. The van der Waals surface area contributed by atoms with Crippen LogP contribution in [0.1, 0.15) is 20.3 Å². The third kappa shape index (κ3) is 2.25. The van der Waals surface area contributed by atoms with Crippen LogP contribution in [0.3, 0.4) is 0 Å². The molecule has 0 amide bonds. The van der Waals surface area contributed by atoms with Crippen LogP contribution in [0.15, 0.2) is 11.8 Å². The van der Waals surface area contributed by atoms with Gasteiger partial charge < -0.3 is 9.57 Å². The number of nitrogens with zero attached hydrogens (tertiary/aromatic N) is 1. The van der Waals surface area contributed by atoms with Crippen LogP contribution in [0.4, 0.5) is 0 Å². The lowest BCUT2D eigenvalue weighted by atomic mass is 10.2. The predicted molar refractivity (Wildman–Crippen MR) is 47.8 cm³/mol. The van der Waals surface area contributed by atoms with Crippen LogP contribution >= 0.6 is 0 Å². The van der Waals surface area contributed by atoms with Crippen molar-refractivity contribution in [3.63, 3.8) is 0 Å². The van der Waals surface area contributed by atoms with Crippen LogP contribution in [0.25, 0.3) is 0 Å². The van der Waals surface area contributed by atoms with Crippen molar-refractivity contribution in [1.82, 2.24) is 5.06 Å². The number of rotatable bonds is 2. The van der Waals surface area contributed by atoms with Gasteiger partial charge in [-0.2, -0.15) is 0 Å². The minimum atomic E-state index is -0.493. The molecule has 1 aliphatic heterocycles. The fourth-order valence-corrected chi connectivity index (χ4v) is 1.04. The fourth-order valence-electron chi connectivity index (χ4n) is 1.04. The molecule has 14 heavy (non-hydrogen) atoms. The zero-order chi connectivity index (χ0) is 10.7. The van der Waals surface area contributed by atoms with Crippen molar-refractivity contribution >= 4 is 11.9 Å². The molecular weight excluding hydrogens is 186 g/mol. The van der Waals surface area contributed by atoms with Gasteiger partial charge in [-0.15, -0.1) is 0 Å². The second kappa shape index (κ2) is 4.13. The lowest BCUT2D eigenvalue weighted by Gasteiger charge is -2.27. The maximum Gasteiger partial charge on any atom is 0.337 e. The zero-order valence-corrected chi connectivity index (χ0v) is 8.44. The number of hydrogen-bond acceptors (Lipinski definition) is 5. The highest BCUT2D eigenvalue weighted by Crippen LogP contribution is 2.16. The number of hydroxylamine groups is 2. The van der Waals surface area contributed by atoms with Gasteiger partial charge in [0.1, 0.15) is 0 Å². The second-order valence-electron chi connectivity index (χ2n) is 3.24. The lowest BCUT2D eigenvalue weighted by Crippen LogP contribution is -2.34. The molecule has 1 aliphatic rings. The fraction of sp³-hybridized carbons (Fsp3) is 0.556. The Labute approximate surface area is 82.2 Å². The van der Waals surface area contributed by atoms with E-state index in [9.17, 15) is 9.59 Å². The van der Waals surface area contributed by atoms with E-state index in [4.69, 9.17) is 4.84 Å². The highest BCUT2D eigenvalue weighted by Gasteiger charge is 2.25.